The predicted molar refractivity (Wildman–Crippen MR) is 61.7 cm³/mol. The van der Waals surface area contributed by atoms with Gasteiger partial charge in [0, 0.05) is 25.7 Å². The number of nitrogens with zero attached hydrogens (tertiary/aromatic N) is 1. The number of esters is 1. The standard InChI is InChI=1S/C11H14ClNO2/c1-13(2)10-5-4-8(11(14)15-3)6-9(10)7-12/h4-6H,7H2,1-3H3. The molecule has 1 rings (SSSR count). The van der Waals surface area contributed by atoms with E-state index in [-0.39, 0.29) is 5.97 Å². The number of anilines is 1. The molecule has 3 nitrogen and oxygen atoms in total. The van der Waals surface area contributed by atoms with Gasteiger partial charge in [-0.1, -0.05) is 0 Å². The van der Waals surface area contributed by atoms with Crippen LogP contribution in [0.3, 0.4) is 0 Å². The van der Waals surface area contributed by atoms with Gasteiger partial charge in [0.25, 0.3) is 0 Å². The number of alkyl halides is 1. The van der Waals surface area contributed by atoms with Crippen LogP contribution in [-0.2, 0) is 10.6 Å². The number of hydrogen-bond acceptors (Lipinski definition) is 3. The highest BCUT2D eigenvalue weighted by Gasteiger charge is 2.10. The second kappa shape index (κ2) is 5.03. The third-order valence-electron chi connectivity index (χ3n) is 2.13. The number of hydrogen-bond donors (Lipinski definition) is 0. The molecule has 1 aromatic rings. The summed E-state index contributed by atoms with van der Waals surface area (Å²) in [6, 6.07) is 5.36. The molecular formula is C11H14ClNO2. The van der Waals surface area contributed by atoms with Crippen LogP contribution < -0.4 is 4.90 Å². The maximum Gasteiger partial charge on any atom is 0.337 e. The highest BCUT2D eigenvalue weighted by molar-refractivity contribution is 6.17. The molecule has 0 aliphatic heterocycles. The summed E-state index contributed by atoms with van der Waals surface area (Å²) in [5.41, 5.74) is 2.46. The lowest BCUT2D eigenvalue weighted by Crippen LogP contribution is -2.12. The Labute approximate surface area is 94.6 Å². The molecule has 0 saturated carbocycles. The van der Waals surface area contributed by atoms with Gasteiger partial charge in [0.2, 0.25) is 0 Å². The fourth-order valence-corrected chi connectivity index (χ4v) is 1.59. The van der Waals surface area contributed by atoms with E-state index in [2.05, 4.69) is 4.74 Å². The maximum atomic E-state index is 11.3. The molecule has 0 spiro atoms. The van der Waals surface area contributed by atoms with Gasteiger partial charge in [0.1, 0.15) is 0 Å². The van der Waals surface area contributed by atoms with Crippen molar-refractivity contribution in [3.63, 3.8) is 0 Å². The van der Waals surface area contributed by atoms with Crippen LogP contribution in [0.4, 0.5) is 5.69 Å². The highest BCUT2D eigenvalue weighted by atomic mass is 35.5. The van der Waals surface area contributed by atoms with E-state index in [9.17, 15) is 4.79 Å². The molecule has 0 N–H and O–H groups in total. The van der Waals surface area contributed by atoms with Gasteiger partial charge in [-0.25, -0.2) is 4.79 Å². The quantitative estimate of drug-likeness (QED) is 0.586. The van der Waals surface area contributed by atoms with E-state index in [1.807, 2.05) is 25.1 Å². The van der Waals surface area contributed by atoms with Gasteiger partial charge in [0.05, 0.1) is 12.7 Å². The Kier molecular flexibility index (Phi) is 3.97. The minimum atomic E-state index is -0.341. The largest absolute Gasteiger partial charge is 0.465 e. The van der Waals surface area contributed by atoms with Crippen LogP contribution in [0.5, 0.6) is 0 Å². The number of carbonyl (C=O) groups excluding carboxylic acids is 1. The van der Waals surface area contributed by atoms with E-state index in [0.29, 0.717) is 11.4 Å². The van der Waals surface area contributed by atoms with Crippen LogP contribution in [0.2, 0.25) is 0 Å². The number of benzene rings is 1. The Balaban J connectivity index is 3.13. The molecule has 15 heavy (non-hydrogen) atoms. The van der Waals surface area contributed by atoms with Crippen molar-refractivity contribution in [1.82, 2.24) is 0 Å². The molecule has 0 atom stereocenters. The molecule has 0 unspecified atom stereocenters. The number of methoxy groups -OCH3 is 1. The van der Waals surface area contributed by atoms with Crippen LogP contribution >= 0.6 is 11.6 Å². The Morgan fingerprint density at radius 1 is 1.47 bits per heavy atom. The van der Waals surface area contributed by atoms with Crippen LogP contribution in [-0.4, -0.2) is 27.2 Å². The minimum Gasteiger partial charge on any atom is -0.465 e. The fraction of sp³-hybridized carbons (Fsp3) is 0.364. The summed E-state index contributed by atoms with van der Waals surface area (Å²) in [6.07, 6.45) is 0. The monoisotopic (exact) mass is 227 g/mol. The lowest BCUT2D eigenvalue weighted by molar-refractivity contribution is 0.0600. The van der Waals surface area contributed by atoms with Gasteiger partial charge < -0.3 is 9.64 Å². The first-order valence-corrected chi connectivity index (χ1v) is 5.08. The molecule has 0 heterocycles. The third-order valence-corrected chi connectivity index (χ3v) is 2.41. The Morgan fingerprint density at radius 2 is 2.13 bits per heavy atom. The zero-order chi connectivity index (χ0) is 11.4. The van der Waals surface area contributed by atoms with Crippen LogP contribution in [0.1, 0.15) is 15.9 Å². The molecule has 4 heteroatoms. The second-order valence-corrected chi connectivity index (χ2v) is 3.63. The molecule has 0 aliphatic rings. The minimum absolute atomic E-state index is 0.341. The molecule has 0 aromatic heterocycles. The van der Waals surface area contributed by atoms with Crippen molar-refractivity contribution in [2.75, 3.05) is 26.1 Å². The highest BCUT2D eigenvalue weighted by Crippen LogP contribution is 2.22. The van der Waals surface area contributed by atoms with E-state index in [1.165, 1.54) is 7.11 Å². The van der Waals surface area contributed by atoms with Gasteiger partial charge in [-0.15, -0.1) is 11.6 Å². The molecule has 0 radical (unpaired) electrons. The topological polar surface area (TPSA) is 29.5 Å². The van der Waals surface area contributed by atoms with Gasteiger partial charge in [-0.3, -0.25) is 0 Å². The summed E-state index contributed by atoms with van der Waals surface area (Å²) < 4.78 is 4.64. The smallest absolute Gasteiger partial charge is 0.337 e. The van der Waals surface area contributed by atoms with Gasteiger partial charge in [-0.05, 0) is 23.8 Å². The van der Waals surface area contributed by atoms with E-state index < -0.39 is 0 Å². The molecule has 0 saturated heterocycles. The van der Waals surface area contributed by atoms with Crippen LogP contribution in [0, 0.1) is 0 Å². The zero-order valence-electron chi connectivity index (χ0n) is 9.08. The van der Waals surface area contributed by atoms with Gasteiger partial charge in [-0.2, -0.15) is 0 Å². The molecule has 0 fully saturated rings. The Bertz CT molecular complexity index is 364. The van der Waals surface area contributed by atoms with Crippen molar-refractivity contribution in [3.05, 3.63) is 29.3 Å². The fourth-order valence-electron chi connectivity index (χ4n) is 1.37. The average molecular weight is 228 g/mol. The SMILES string of the molecule is COC(=O)c1ccc(N(C)C)c(CCl)c1. The number of rotatable bonds is 3. The summed E-state index contributed by atoms with van der Waals surface area (Å²) in [5.74, 6) is 0.0323. The lowest BCUT2D eigenvalue weighted by atomic mass is 10.1. The van der Waals surface area contributed by atoms with Gasteiger partial charge in [0.15, 0.2) is 0 Å². The van der Waals surface area contributed by atoms with Crippen molar-refractivity contribution in [1.29, 1.82) is 0 Å². The molecule has 82 valence electrons. The summed E-state index contributed by atoms with van der Waals surface area (Å²) >= 11 is 5.82. The van der Waals surface area contributed by atoms with Gasteiger partial charge >= 0.3 is 5.97 Å². The van der Waals surface area contributed by atoms with Crippen molar-refractivity contribution in [2.45, 2.75) is 5.88 Å². The number of halogens is 1. The Hall–Kier alpha value is -1.22. The molecular weight excluding hydrogens is 214 g/mol. The zero-order valence-corrected chi connectivity index (χ0v) is 9.84. The summed E-state index contributed by atoms with van der Waals surface area (Å²) in [7, 11) is 5.23. The van der Waals surface area contributed by atoms with E-state index >= 15 is 0 Å². The van der Waals surface area contributed by atoms with Crippen molar-refractivity contribution in [2.24, 2.45) is 0 Å². The molecule has 0 amide bonds. The predicted octanol–water partition coefficient (Wildman–Crippen LogP) is 2.28. The van der Waals surface area contributed by atoms with Crippen molar-refractivity contribution < 1.29 is 9.53 Å². The van der Waals surface area contributed by atoms with Crippen LogP contribution in [0.15, 0.2) is 18.2 Å². The number of carbonyl (C=O) groups is 1. The lowest BCUT2D eigenvalue weighted by Gasteiger charge is -2.16. The van der Waals surface area contributed by atoms with Crippen molar-refractivity contribution >= 4 is 23.3 Å². The van der Waals surface area contributed by atoms with Crippen LogP contribution in [0.25, 0.3) is 0 Å². The number of ether oxygens (including phenoxy) is 1. The normalized spacial score (nSPS) is 9.87. The summed E-state index contributed by atoms with van der Waals surface area (Å²) in [4.78, 5) is 13.2. The molecule has 0 aliphatic carbocycles. The first kappa shape index (κ1) is 11.9. The molecule has 1 aromatic carbocycles. The van der Waals surface area contributed by atoms with E-state index in [4.69, 9.17) is 11.6 Å². The second-order valence-electron chi connectivity index (χ2n) is 3.36. The summed E-state index contributed by atoms with van der Waals surface area (Å²) in [5, 5.41) is 0. The summed E-state index contributed by atoms with van der Waals surface area (Å²) in [6.45, 7) is 0. The third kappa shape index (κ3) is 2.63. The van der Waals surface area contributed by atoms with E-state index in [0.717, 1.165) is 11.3 Å². The maximum absolute atomic E-state index is 11.3. The van der Waals surface area contributed by atoms with Crippen molar-refractivity contribution in [3.8, 4) is 0 Å². The average Bonchev–Trinajstić information content (AvgIpc) is 2.26. The van der Waals surface area contributed by atoms with E-state index in [1.54, 1.807) is 12.1 Å². The Morgan fingerprint density at radius 3 is 2.60 bits per heavy atom. The molecule has 0 bridgehead atoms. The first-order chi connectivity index (χ1) is 7.10. The first-order valence-electron chi connectivity index (χ1n) is 4.54.